The van der Waals surface area contributed by atoms with E-state index >= 15 is 0 Å². The summed E-state index contributed by atoms with van der Waals surface area (Å²) in [5, 5.41) is 21.7. The highest BCUT2D eigenvalue weighted by molar-refractivity contribution is 5.85. The van der Waals surface area contributed by atoms with Crippen molar-refractivity contribution in [3.8, 4) is 0 Å². The molecule has 0 aromatic heterocycles. The molecule has 6 nitrogen and oxygen atoms in total. The smallest absolute Gasteiger partial charge is 0.410 e. The van der Waals surface area contributed by atoms with Crippen LogP contribution in [0.5, 0.6) is 0 Å². The third-order valence-corrected chi connectivity index (χ3v) is 4.40. The van der Waals surface area contributed by atoms with Gasteiger partial charge in [0.05, 0.1) is 17.7 Å². The Labute approximate surface area is 160 Å². The molecule has 0 aliphatic carbocycles. The molecule has 3 N–H and O–H groups in total. The van der Waals surface area contributed by atoms with Crippen LogP contribution in [-0.4, -0.2) is 76.5 Å². The van der Waals surface area contributed by atoms with Gasteiger partial charge in [-0.1, -0.05) is 0 Å². The lowest BCUT2D eigenvalue weighted by Gasteiger charge is -2.38. The summed E-state index contributed by atoms with van der Waals surface area (Å²) in [6.07, 6.45) is -2.31. The fourth-order valence-electron chi connectivity index (χ4n) is 2.44. The highest BCUT2D eigenvalue weighted by atomic mass is 35.5. The van der Waals surface area contributed by atoms with Crippen LogP contribution in [0, 0.1) is 0 Å². The van der Waals surface area contributed by atoms with Crippen LogP contribution >= 0.6 is 12.4 Å². The van der Waals surface area contributed by atoms with E-state index in [0.717, 1.165) is 0 Å². The fourth-order valence-corrected chi connectivity index (χ4v) is 2.44. The van der Waals surface area contributed by atoms with Crippen LogP contribution in [0.4, 0.5) is 13.6 Å². The molecule has 0 aromatic rings. The maximum Gasteiger partial charge on any atom is 0.410 e. The standard InChI is InChI=1S/C11H20FNO3.C6H12FNO.ClH/c1-10(2,3)16-9(14)13-6-5-11(4,15)8(12)7-13;1-6(9)2-3-8-4-5(6)7;/h8,15H,5-7H2,1-4H3;5,8-9H,2-4H2,1H3;1H/t8-,11+;5-,6+;/m11./s1. The maximum atomic E-state index is 13.5. The van der Waals surface area contributed by atoms with E-state index in [1.807, 2.05) is 0 Å². The molecule has 0 unspecified atom stereocenters. The van der Waals surface area contributed by atoms with Crippen molar-refractivity contribution in [2.45, 2.75) is 76.6 Å². The van der Waals surface area contributed by atoms with Gasteiger partial charge in [-0.05, 0) is 54.0 Å². The zero-order chi connectivity index (χ0) is 19.5. The van der Waals surface area contributed by atoms with Gasteiger partial charge in [0.15, 0.2) is 0 Å². The number of likely N-dealkylation sites (tertiary alicyclic amines) is 1. The molecule has 0 aromatic carbocycles. The maximum absolute atomic E-state index is 13.5. The largest absolute Gasteiger partial charge is 0.444 e. The number of hydrogen-bond donors (Lipinski definition) is 3. The van der Waals surface area contributed by atoms with E-state index in [9.17, 15) is 23.8 Å². The molecule has 2 heterocycles. The minimum Gasteiger partial charge on any atom is -0.444 e. The number of nitrogens with one attached hydrogen (secondary N) is 1. The first-order valence-electron chi connectivity index (χ1n) is 8.66. The van der Waals surface area contributed by atoms with Crippen LogP contribution in [0.15, 0.2) is 0 Å². The fraction of sp³-hybridized carbons (Fsp3) is 0.941. The minimum atomic E-state index is -1.42. The van der Waals surface area contributed by atoms with Crippen LogP contribution < -0.4 is 5.32 Å². The average molecular weight is 403 g/mol. The molecule has 4 atom stereocenters. The first-order chi connectivity index (χ1) is 11.2. The molecule has 0 bridgehead atoms. The molecule has 156 valence electrons. The van der Waals surface area contributed by atoms with Gasteiger partial charge in [-0.2, -0.15) is 0 Å². The van der Waals surface area contributed by atoms with E-state index in [4.69, 9.17) is 4.74 Å². The van der Waals surface area contributed by atoms with Crippen LogP contribution in [-0.2, 0) is 4.74 Å². The van der Waals surface area contributed by atoms with E-state index in [1.165, 1.54) is 11.8 Å². The van der Waals surface area contributed by atoms with E-state index in [0.29, 0.717) is 19.5 Å². The minimum absolute atomic E-state index is 0. The second-order valence-electron chi connectivity index (χ2n) is 8.28. The molecule has 0 spiro atoms. The van der Waals surface area contributed by atoms with Crippen LogP contribution in [0.2, 0.25) is 0 Å². The second-order valence-corrected chi connectivity index (χ2v) is 8.28. The summed E-state index contributed by atoms with van der Waals surface area (Å²) in [6, 6.07) is 0. The van der Waals surface area contributed by atoms with Crippen LogP contribution in [0.3, 0.4) is 0 Å². The topological polar surface area (TPSA) is 82.0 Å². The van der Waals surface area contributed by atoms with Gasteiger partial charge in [-0.25, -0.2) is 13.6 Å². The molecule has 2 rings (SSSR count). The van der Waals surface area contributed by atoms with E-state index < -0.39 is 35.2 Å². The highest BCUT2D eigenvalue weighted by Crippen LogP contribution is 2.25. The second kappa shape index (κ2) is 9.48. The van der Waals surface area contributed by atoms with Crippen LogP contribution in [0.1, 0.15) is 47.5 Å². The molecule has 2 fully saturated rings. The molecule has 2 aliphatic heterocycles. The number of hydrogen-bond acceptors (Lipinski definition) is 5. The first kappa shape index (κ1) is 25.3. The summed E-state index contributed by atoms with van der Waals surface area (Å²) in [4.78, 5) is 12.9. The number of carbonyl (C=O) groups excluding carboxylic acids is 1. The number of piperidine rings is 2. The summed E-state index contributed by atoms with van der Waals surface area (Å²) >= 11 is 0. The number of ether oxygens (including phenoxy) is 1. The zero-order valence-corrected chi connectivity index (χ0v) is 17.0. The van der Waals surface area contributed by atoms with Gasteiger partial charge in [-0.3, -0.25) is 0 Å². The number of halogens is 3. The number of nitrogens with zero attached hydrogens (tertiary/aromatic N) is 1. The predicted molar refractivity (Wildman–Crippen MR) is 98.2 cm³/mol. The van der Waals surface area contributed by atoms with Gasteiger partial charge in [0.1, 0.15) is 17.9 Å². The van der Waals surface area contributed by atoms with E-state index in [-0.39, 0.29) is 31.9 Å². The van der Waals surface area contributed by atoms with Gasteiger partial charge in [0, 0.05) is 13.1 Å². The van der Waals surface area contributed by atoms with Gasteiger partial charge in [0.25, 0.3) is 0 Å². The molecule has 2 aliphatic rings. The van der Waals surface area contributed by atoms with Crippen molar-refractivity contribution in [2.75, 3.05) is 26.2 Å². The SMILES string of the molecule is CC(C)(C)OC(=O)N1CC[C@](C)(O)[C@H](F)C1.C[C@]1(O)CCNC[C@H]1F.Cl. The van der Waals surface area contributed by atoms with Crippen molar-refractivity contribution in [3.05, 3.63) is 0 Å². The summed E-state index contributed by atoms with van der Waals surface area (Å²) < 4.78 is 31.3. The Balaban J connectivity index is 0.000000532. The van der Waals surface area contributed by atoms with Gasteiger partial charge >= 0.3 is 6.09 Å². The average Bonchev–Trinajstić information content (AvgIpc) is 2.44. The summed E-state index contributed by atoms with van der Waals surface area (Å²) in [6.45, 7) is 9.49. The number of aliphatic hydroxyl groups is 2. The third kappa shape index (κ3) is 7.90. The van der Waals surface area contributed by atoms with Gasteiger partial charge in [0.2, 0.25) is 0 Å². The van der Waals surface area contributed by atoms with Crippen molar-refractivity contribution in [1.82, 2.24) is 10.2 Å². The predicted octanol–water partition coefficient (Wildman–Crippen LogP) is 2.21. The number of amides is 1. The molecule has 9 heteroatoms. The Morgan fingerprint density at radius 2 is 1.69 bits per heavy atom. The van der Waals surface area contributed by atoms with Crippen molar-refractivity contribution in [2.24, 2.45) is 0 Å². The van der Waals surface area contributed by atoms with E-state index in [1.54, 1.807) is 27.7 Å². The van der Waals surface area contributed by atoms with Crippen LogP contribution in [0.25, 0.3) is 0 Å². The quantitative estimate of drug-likeness (QED) is 0.578. The molecule has 2 saturated heterocycles. The first-order valence-corrected chi connectivity index (χ1v) is 8.66. The Morgan fingerprint density at radius 3 is 2.08 bits per heavy atom. The number of alkyl halides is 2. The monoisotopic (exact) mass is 402 g/mol. The molecule has 0 saturated carbocycles. The highest BCUT2D eigenvalue weighted by Gasteiger charge is 2.40. The lowest BCUT2D eigenvalue weighted by molar-refractivity contribution is -0.0734. The van der Waals surface area contributed by atoms with E-state index in [2.05, 4.69) is 5.32 Å². The van der Waals surface area contributed by atoms with Crippen molar-refractivity contribution >= 4 is 18.5 Å². The Bertz CT molecular complexity index is 459. The Kier molecular flexibility index (Phi) is 9.23. The summed E-state index contributed by atoms with van der Waals surface area (Å²) in [5.74, 6) is 0. The Hall–Kier alpha value is -0.700. The zero-order valence-electron chi connectivity index (χ0n) is 16.2. The molecule has 0 radical (unpaired) electrons. The molecular formula is C17H33ClF2N2O4. The normalized spacial score (nSPS) is 34.9. The lowest BCUT2D eigenvalue weighted by atomic mass is 9.92. The summed E-state index contributed by atoms with van der Waals surface area (Å²) in [5.41, 5.74) is -3.01. The van der Waals surface area contributed by atoms with Gasteiger partial charge < -0.3 is 25.2 Å². The molecular weight excluding hydrogens is 370 g/mol. The lowest BCUT2D eigenvalue weighted by Crippen LogP contribution is -2.54. The third-order valence-electron chi connectivity index (χ3n) is 4.40. The molecule has 1 amide bonds. The van der Waals surface area contributed by atoms with Crippen molar-refractivity contribution in [1.29, 1.82) is 0 Å². The van der Waals surface area contributed by atoms with Crippen molar-refractivity contribution < 1.29 is 28.5 Å². The van der Waals surface area contributed by atoms with Crippen molar-refractivity contribution in [3.63, 3.8) is 0 Å². The van der Waals surface area contributed by atoms with Gasteiger partial charge in [-0.15, -0.1) is 12.4 Å². The number of rotatable bonds is 0. The molecule has 26 heavy (non-hydrogen) atoms. The number of carbonyl (C=O) groups is 1. The Morgan fingerprint density at radius 1 is 1.15 bits per heavy atom. The summed E-state index contributed by atoms with van der Waals surface area (Å²) in [7, 11) is 0.